The SMILES string of the molecule is [2H]c1c(C([2H])([2H])C(C)(C)C)c(C([2H])([2H])[2H])c(C)[n+](C)c1-c1c(C)ccc2c1oc1c(C#N)c(C3([2H])CCCCC3)ccc12. The molecule has 36 heavy (non-hydrogen) atoms. The van der Waals surface area contributed by atoms with Crippen molar-refractivity contribution in [2.75, 3.05) is 0 Å². The molecule has 0 bridgehead atoms. The van der Waals surface area contributed by atoms with E-state index in [0.717, 1.165) is 35.6 Å². The van der Waals surface area contributed by atoms with Gasteiger partial charge in [0.05, 0.1) is 12.5 Å². The molecule has 2 aromatic heterocycles. The van der Waals surface area contributed by atoms with Gasteiger partial charge >= 0.3 is 0 Å². The summed E-state index contributed by atoms with van der Waals surface area (Å²) in [4.78, 5) is 0. The highest BCUT2D eigenvalue weighted by molar-refractivity contribution is 6.11. The van der Waals surface area contributed by atoms with Gasteiger partial charge in [-0.1, -0.05) is 64.3 Å². The van der Waals surface area contributed by atoms with Crippen LogP contribution in [-0.2, 0) is 13.4 Å². The van der Waals surface area contributed by atoms with E-state index in [9.17, 15) is 8.00 Å². The fraction of sp³-hybridized carbons (Fsp3) is 0.455. The molecular weight excluding hydrogens is 440 g/mol. The van der Waals surface area contributed by atoms with Gasteiger partial charge in [0.15, 0.2) is 11.3 Å². The molecule has 1 fully saturated rings. The second-order valence-electron chi connectivity index (χ2n) is 11.1. The van der Waals surface area contributed by atoms with Gasteiger partial charge in [-0.25, -0.2) is 0 Å². The first-order valence-electron chi connectivity index (χ1n) is 16.3. The Bertz CT molecular complexity index is 1810. The molecule has 1 saturated carbocycles. The maximum absolute atomic E-state index is 10.3. The molecule has 0 amide bonds. The summed E-state index contributed by atoms with van der Waals surface area (Å²) in [6, 6.07) is 9.74. The van der Waals surface area contributed by atoms with Crippen molar-refractivity contribution in [2.45, 2.75) is 85.8 Å². The fourth-order valence-electron chi connectivity index (χ4n) is 5.43. The number of aryl methyl sites for hydroxylation is 1. The second-order valence-corrected chi connectivity index (χ2v) is 11.1. The minimum absolute atomic E-state index is 0.147. The molecule has 2 aromatic carbocycles. The Morgan fingerprint density at radius 1 is 1.14 bits per heavy atom. The molecule has 186 valence electrons. The average molecular weight is 487 g/mol. The third kappa shape index (κ3) is 4.11. The molecule has 0 spiro atoms. The van der Waals surface area contributed by atoms with Crippen LogP contribution in [0, 0.1) is 37.4 Å². The zero-order valence-electron chi connectivity index (χ0n) is 29.1. The maximum Gasteiger partial charge on any atom is 0.216 e. The summed E-state index contributed by atoms with van der Waals surface area (Å²) in [5.41, 5.74) is 2.57. The molecule has 2 heterocycles. The normalized spacial score (nSPS) is 19.5. The Morgan fingerprint density at radius 3 is 2.50 bits per heavy atom. The highest BCUT2D eigenvalue weighted by Crippen LogP contribution is 2.42. The number of fused-ring (bicyclic) bond motifs is 3. The molecule has 0 aliphatic heterocycles. The van der Waals surface area contributed by atoms with Crippen LogP contribution < -0.4 is 4.57 Å². The average Bonchev–Trinajstić information content (AvgIpc) is 3.29. The van der Waals surface area contributed by atoms with Gasteiger partial charge in [0.2, 0.25) is 5.69 Å². The van der Waals surface area contributed by atoms with Crippen molar-refractivity contribution in [3.05, 3.63) is 63.8 Å². The number of hydrogen-bond donors (Lipinski definition) is 0. The maximum atomic E-state index is 10.3. The number of nitriles is 1. The number of furan rings is 1. The number of pyridine rings is 1. The third-order valence-corrected chi connectivity index (χ3v) is 7.40. The van der Waals surface area contributed by atoms with E-state index in [0.29, 0.717) is 52.1 Å². The molecule has 0 saturated heterocycles. The topological polar surface area (TPSA) is 40.8 Å². The van der Waals surface area contributed by atoms with Gasteiger partial charge in [-0.2, -0.15) is 9.83 Å². The molecule has 0 unspecified atom stereocenters. The van der Waals surface area contributed by atoms with E-state index in [1.54, 1.807) is 39.3 Å². The Balaban J connectivity index is 1.91. The van der Waals surface area contributed by atoms with E-state index in [4.69, 9.17) is 11.3 Å². The van der Waals surface area contributed by atoms with Gasteiger partial charge in [0, 0.05) is 37.5 Å². The predicted molar refractivity (Wildman–Crippen MR) is 148 cm³/mol. The summed E-state index contributed by atoms with van der Waals surface area (Å²) in [6.07, 6.45) is 2.18. The van der Waals surface area contributed by atoms with Crippen LogP contribution in [0.3, 0.4) is 0 Å². The summed E-state index contributed by atoms with van der Waals surface area (Å²) >= 11 is 0. The number of benzene rings is 2. The van der Waals surface area contributed by atoms with Gasteiger partial charge in [0.1, 0.15) is 18.7 Å². The fourth-order valence-corrected chi connectivity index (χ4v) is 5.43. The molecule has 0 atom stereocenters. The lowest BCUT2D eigenvalue weighted by molar-refractivity contribution is -0.667. The van der Waals surface area contributed by atoms with Gasteiger partial charge < -0.3 is 4.42 Å². The van der Waals surface area contributed by atoms with E-state index in [1.807, 2.05) is 31.2 Å². The van der Waals surface area contributed by atoms with E-state index in [1.165, 1.54) is 0 Å². The lowest BCUT2D eigenvalue weighted by atomic mass is 9.82. The summed E-state index contributed by atoms with van der Waals surface area (Å²) in [7, 11) is 1.70. The number of rotatable bonds is 3. The zero-order chi connectivity index (χ0) is 31.9. The number of aromatic nitrogens is 1. The summed E-state index contributed by atoms with van der Waals surface area (Å²) in [6.45, 7) is 6.00. The van der Waals surface area contributed by atoms with Crippen molar-refractivity contribution < 1.29 is 18.6 Å². The Kier molecular flexibility index (Phi) is 4.37. The largest absolute Gasteiger partial charge is 0.454 e. The summed E-state index contributed by atoms with van der Waals surface area (Å²) < 4.78 is 70.0. The summed E-state index contributed by atoms with van der Waals surface area (Å²) in [5, 5.41) is 11.8. The van der Waals surface area contributed by atoms with Crippen LogP contribution in [0.2, 0.25) is 0 Å². The first-order valence-corrected chi connectivity index (χ1v) is 12.8. The van der Waals surface area contributed by atoms with Gasteiger partial charge in [-0.05, 0) is 61.0 Å². The number of nitrogens with zero attached hydrogens (tertiary/aromatic N) is 2. The van der Waals surface area contributed by atoms with E-state index < -0.39 is 24.5 Å². The molecule has 3 heteroatoms. The standard InChI is InChI=1S/C33H39N2O/c1-20-13-14-27-26-16-15-25(23-11-9-8-10-12-23)28(19-34)31(26)36-32(27)30(20)29-17-24(18-33(4,5)6)21(2)22(3)35(29)7/h13-17,23H,8-12,18H2,1-7H3/q+1/i2D3,17D,18D2,23D. The van der Waals surface area contributed by atoms with Crippen molar-refractivity contribution in [3.63, 3.8) is 0 Å². The minimum atomic E-state index is -2.64. The van der Waals surface area contributed by atoms with Crippen LogP contribution >= 0.6 is 0 Å². The van der Waals surface area contributed by atoms with Crippen molar-refractivity contribution in [1.29, 1.82) is 5.26 Å². The lowest BCUT2D eigenvalue weighted by Crippen LogP contribution is -2.36. The monoisotopic (exact) mass is 486 g/mol. The Labute approximate surface area is 225 Å². The molecular formula is C33H39N2O+. The van der Waals surface area contributed by atoms with Crippen molar-refractivity contribution >= 4 is 21.9 Å². The van der Waals surface area contributed by atoms with Crippen LogP contribution in [0.15, 0.2) is 34.7 Å². The molecule has 3 nitrogen and oxygen atoms in total. The van der Waals surface area contributed by atoms with Crippen LogP contribution in [-0.4, -0.2) is 0 Å². The van der Waals surface area contributed by atoms with Crippen molar-refractivity contribution in [2.24, 2.45) is 12.5 Å². The Morgan fingerprint density at radius 2 is 1.83 bits per heavy atom. The minimum Gasteiger partial charge on any atom is -0.454 e. The zero-order valence-corrected chi connectivity index (χ0v) is 22.1. The molecule has 0 N–H and O–H groups in total. The number of hydrogen-bond acceptors (Lipinski definition) is 2. The van der Waals surface area contributed by atoms with Crippen LogP contribution in [0.5, 0.6) is 0 Å². The van der Waals surface area contributed by atoms with Gasteiger partial charge in [-0.15, -0.1) is 0 Å². The van der Waals surface area contributed by atoms with Crippen molar-refractivity contribution in [1.82, 2.24) is 0 Å². The first-order chi connectivity index (χ1) is 19.9. The molecule has 0 radical (unpaired) electrons. The lowest BCUT2D eigenvalue weighted by Gasteiger charge is -2.22. The second kappa shape index (κ2) is 9.07. The van der Waals surface area contributed by atoms with Gasteiger partial charge in [0.25, 0.3) is 0 Å². The van der Waals surface area contributed by atoms with Crippen molar-refractivity contribution in [3.8, 4) is 17.3 Å². The molecule has 1 aliphatic rings. The van der Waals surface area contributed by atoms with Crippen LogP contribution in [0.25, 0.3) is 33.2 Å². The highest BCUT2D eigenvalue weighted by Gasteiger charge is 2.28. The van der Waals surface area contributed by atoms with Crippen LogP contribution in [0.1, 0.15) is 102 Å². The molecule has 5 rings (SSSR count). The van der Waals surface area contributed by atoms with Crippen LogP contribution in [0.4, 0.5) is 0 Å². The highest BCUT2D eigenvalue weighted by atomic mass is 16.3. The van der Waals surface area contributed by atoms with E-state index >= 15 is 0 Å². The molecule has 1 aliphatic carbocycles. The third-order valence-electron chi connectivity index (χ3n) is 7.40. The first kappa shape index (κ1) is 17.4. The predicted octanol–water partition coefficient (Wildman–Crippen LogP) is 8.51. The molecule has 4 aromatic rings. The Hall–Kier alpha value is -3.12. The van der Waals surface area contributed by atoms with E-state index in [2.05, 4.69) is 6.07 Å². The smallest absolute Gasteiger partial charge is 0.216 e. The van der Waals surface area contributed by atoms with Gasteiger partial charge in [-0.3, -0.25) is 0 Å². The van der Waals surface area contributed by atoms with E-state index in [-0.39, 0.29) is 17.2 Å². The quantitative estimate of drug-likeness (QED) is 0.272. The summed E-state index contributed by atoms with van der Waals surface area (Å²) in [5.74, 6) is -0.855.